The minimum Gasteiger partial charge on any atom is -0.491 e. The fourth-order valence-electron chi connectivity index (χ4n) is 1.51. The second-order valence-electron chi connectivity index (χ2n) is 4.44. The van der Waals surface area contributed by atoms with Crippen molar-refractivity contribution in [3.63, 3.8) is 0 Å². The van der Waals surface area contributed by atoms with E-state index in [0.717, 1.165) is 25.7 Å². The molecule has 4 heteroatoms. The highest BCUT2D eigenvalue weighted by Crippen LogP contribution is 2.23. The molecule has 19 heavy (non-hydrogen) atoms. The van der Waals surface area contributed by atoms with Crippen molar-refractivity contribution < 1.29 is 14.3 Å². The van der Waals surface area contributed by atoms with E-state index in [1.807, 2.05) is 0 Å². The van der Waals surface area contributed by atoms with Crippen molar-refractivity contribution in [1.82, 2.24) is 0 Å². The zero-order valence-corrected chi connectivity index (χ0v) is 11.8. The van der Waals surface area contributed by atoms with Gasteiger partial charge in [0.2, 0.25) is 0 Å². The van der Waals surface area contributed by atoms with Crippen LogP contribution in [0.4, 0.5) is 5.69 Å². The third-order valence-corrected chi connectivity index (χ3v) is 2.74. The summed E-state index contributed by atoms with van der Waals surface area (Å²) in [4.78, 5) is 11.8. The first-order valence-corrected chi connectivity index (χ1v) is 6.88. The van der Waals surface area contributed by atoms with Crippen LogP contribution in [0.15, 0.2) is 18.2 Å². The molecule has 0 spiro atoms. The monoisotopic (exact) mass is 265 g/mol. The third kappa shape index (κ3) is 5.20. The van der Waals surface area contributed by atoms with Crippen molar-refractivity contribution >= 4 is 11.7 Å². The van der Waals surface area contributed by atoms with E-state index < -0.39 is 0 Å². The molecule has 0 atom stereocenters. The predicted octanol–water partition coefficient (Wildman–Crippen LogP) is 3.40. The van der Waals surface area contributed by atoms with E-state index in [9.17, 15) is 4.79 Å². The molecular weight excluding hydrogens is 242 g/mol. The molecule has 0 aliphatic carbocycles. The second kappa shape index (κ2) is 8.40. The molecule has 0 unspecified atom stereocenters. The van der Waals surface area contributed by atoms with Crippen LogP contribution in [0, 0.1) is 0 Å². The quantitative estimate of drug-likeness (QED) is 0.444. The molecule has 1 rings (SSSR count). The molecule has 0 saturated heterocycles. The van der Waals surface area contributed by atoms with Gasteiger partial charge < -0.3 is 15.2 Å². The largest absolute Gasteiger partial charge is 0.491 e. The lowest BCUT2D eigenvalue weighted by molar-refractivity contribution is 0.0499. The van der Waals surface area contributed by atoms with Crippen molar-refractivity contribution in [2.75, 3.05) is 18.9 Å². The van der Waals surface area contributed by atoms with Gasteiger partial charge in [-0.1, -0.05) is 26.7 Å². The van der Waals surface area contributed by atoms with Crippen LogP contribution < -0.4 is 10.5 Å². The van der Waals surface area contributed by atoms with Gasteiger partial charge in [0.25, 0.3) is 0 Å². The van der Waals surface area contributed by atoms with E-state index in [-0.39, 0.29) is 5.97 Å². The average Bonchev–Trinajstić information content (AvgIpc) is 2.41. The molecule has 2 N–H and O–H groups in total. The number of ether oxygens (including phenoxy) is 2. The Hall–Kier alpha value is -1.71. The topological polar surface area (TPSA) is 61.5 Å². The molecule has 0 aromatic heterocycles. The number of esters is 1. The molecule has 0 amide bonds. The minimum absolute atomic E-state index is 0.325. The van der Waals surface area contributed by atoms with Crippen LogP contribution in [0.1, 0.15) is 49.9 Å². The highest BCUT2D eigenvalue weighted by atomic mass is 16.5. The molecule has 0 aliphatic heterocycles. The molecule has 1 aromatic rings. The Bertz CT molecular complexity index is 404. The van der Waals surface area contributed by atoms with E-state index in [4.69, 9.17) is 15.2 Å². The Morgan fingerprint density at radius 2 is 1.84 bits per heavy atom. The summed E-state index contributed by atoms with van der Waals surface area (Å²) >= 11 is 0. The Labute approximate surface area is 114 Å². The Kier molecular flexibility index (Phi) is 6.79. The van der Waals surface area contributed by atoms with Crippen LogP contribution in [-0.2, 0) is 4.74 Å². The summed E-state index contributed by atoms with van der Waals surface area (Å²) < 4.78 is 10.7. The number of nitrogen functional groups attached to an aromatic ring is 1. The van der Waals surface area contributed by atoms with Gasteiger partial charge >= 0.3 is 5.97 Å². The molecule has 0 heterocycles. The molecule has 4 nitrogen and oxygen atoms in total. The highest BCUT2D eigenvalue weighted by Gasteiger charge is 2.10. The SMILES string of the molecule is CCCCOC(=O)c1ccc(N)c(OCCCC)c1. The summed E-state index contributed by atoms with van der Waals surface area (Å²) in [6.45, 7) is 5.20. The number of nitrogens with two attached hydrogens (primary N) is 1. The maximum atomic E-state index is 11.8. The highest BCUT2D eigenvalue weighted by molar-refractivity contribution is 5.90. The van der Waals surface area contributed by atoms with Crippen LogP contribution >= 0.6 is 0 Å². The van der Waals surface area contributed by atoms with Crippen LogP contribution in [0.2, 0.25) is 0 Å². The molecule has 0 saturated carbocycles. The first-order chi connectivity index (χ1) is 9.19. The summed E-state index contributed by atoms with van der Waals surface area (Å²) in [6, 6.07) is 4.99. The van der Waals surface area contributed by atoms with Gasteiger partial charge in [0.1, 0.15) is 5.75 Å². The number of carbonyl (C=O) groups excluding carboxylic acids is 1. The van der Waals surface area contributed by atoms with Gasteiger partial charge in [-0.15, -0.1) is 0 Å². The van der Waals surface area contributed by atoms with Gasteiger partial charge in [-0.2, -0.15) is 0 Å². The third-order valence-electron chi connectivity index (χ3n) is 2.74. The lowest BCUT2D eigenvalue weighted by atomic mass is 10.2. The van der Waals surface area contributed by atoms with E-state index in [1.54, 1.807) is 18.2 Å². The zero-order valence-electron chi connectivity index (χ0n) is 11.8. The number of anilines is 1. The molecule has 0 radical (unpaired) electrons. The van der Waals surface area contributed by atoms with Gasteiger partial charge in [-0.3, -0.25) is 0 Å². The Morgan fingerprint density at radius 3 is 2.53 bits per heavy atom. The molecule has 0 fully saturated rings. The maximum absolute atomic E-state index is 11.8. The van der Waals surface area contributed by atoms with Crippen molar-refractivity contribution in [2.45, 2.75) is 39.5 Å². The van der Waals surface area contributed by atoms with Crippen molar-refractivity contribution in [3.05, 3.63) is 23.8 Å². The standard InChI is InChI=1S/C15H23NO3/c1-3-5-9-18-14-11-12(7-8-13(14)16)15(17)19-10-6-4-2/h7-8,11H,3-6,9-10,16H2,1-2H3. The maximum Gasteiger partial charge on any atom is 0.338 e. The minimum atomic E-state index is -0.325. The predicted molar refractivity (Wildman–Crippen MR) is 76.4 cm³/mol. The summed E-state index contributed by atoms with van der Waals surface area (Å²) in [6.07, 6.45) is 3.89. The van der Waals surface area contributed by atoms with Crippen molar-refractivity contribution in [3.8, 4) is 5.75 Å². The first kappa shape index (κ1) is 15.3. The first-order valence-electron chi connectivity index (χ1n) is 6.88. The van der Waals surface area contributed by atoms with E-state index in [2.05, 4.69) is 13.8 Å². The molecule has 0 bridgehead atoms. The smallest absolute Gasteiger partial charge is 0.338 e. The Balaban J connectivity index is 2.63. The molecular formula is C15H23NO3. The van der Waals surface area contributed by atoms with Crippen LogP contribution in [0.5, 0.6) is 5.75 Å². The number of hydrogen-bond donors (Lipinski definition) is 1. The van der Waals surface area contributed by atoms with Crippen LogP contribution in [0.3, 0.4) is 0 Å². The van der Waals surface area contributed by atoms with Crippen molar-refractivity contribution in [1.29, 1.82) is 0 Å². The lowest BCUT2D eigenvalue weighted by Gasteiger charge is -2.10. The average molecular weight is 265 g/mol. The lowest BCUT2D eigenvalue weighted by Crippen LogP contribution is -2.08. The molecule has 0 aliphatic rings. The Morgan fingerprint density at radius 1 is 1.16 bits per heavy atom. The van der Waals surface area contributed by atoms with Crippen LogP contribution in [0.25, 0.3) is 0 Å². The van der Waals surface area contributed by atoms with Gasteiger partial charge in [0, 0.05) is 0 Å². The number of hydrogen-bond acceptors (Lipinski definition) is 4. The molecule has 106 valence electrons. The van der Waals surface area contributed by atoms with Gasteiger partial charge in [0.15, 0.2) is 0 Å². The number of rotatable bonds is 8. The number of benzene rings is 1. The van der Waals surface area contributed by atoms with Gasteiger partial charge in [0.05, 0.1) is 24.5 Å². The summed E-state index contributed by atoms with van der Waals surface area (Å²) in [5.74, 6) is 0.229. The van der Waals surface area contributed by atoms with Crippen molar-refractivity contribution in [2.24, 2.45) is 0 Å². The van der Waals surface area contributed by atoms with Gasteiger partial charge in [-0.05, 0) is 31.0 Å². The van der Waals surface area contributed by atoms with E-state index in [0.29, 0.717) is 30.2 Å². The van der Waals surface area contributed by atoms with Gasteiger partial charge in [-0.25, -0.2) is 4.79 Å². The fourth-order valence-corrected chi connectivity index (χ4v) is 1.51. The number of unbranched alkanes of at least 4 members (excludes halogenated alkanes) is 2. The number of carbonyl (C=O) groups is 1. The summed E-state index contributed by atoms with van der Waals surface area (Å²) in [7, 11) is 0. The van der Waals surface area contributed by atoms with E-state index in [1.165, 1.54) is 0 Å². The van der Waals surface area contributed by atoms with Crippen LogP contribution in [-0.4, -0.2) is 19.2 Å². The van der Waals surface area contributed by atoms with E-state index >= 15 is 0 Å². The summed E-state index contributed by atoms with van der Waals surface area (Å²) in [5, 5.41) is 0. The summed E-state index contributed by atoms with van der Waals surface area (Å²) in [5.41, 5.74) is 6.84. The fraction of sp³-hybridized carbons (Fsp3) is 0.533. The molecule has 1 aromatic carbocycles. The normalized spacial score (nSPS) is 10.2. The second-order valence-corrected chi connectivity index (χ2v) is 4.44. The zero-order chi connectivity index (χ0) is 14.1.